The number of rotatable bonds is 8. The molecule has 0 aromatic heterocycles. The van der Waals surface area contributed by atoms with Crippen LogP contribution in [0.5, 0.6) is 0 Å². The predicted octanol–water partition coefficient (Wildman–Crippen LogP) is 5.27. The fraction of sp³-hybridized carbons (Fsp3) is 0.174. The molecule has 0 heterocycles. The Hall–Kier alpha value is -2.52. The third kappa shape index (κ3) is 5.50. The summed E-state index contributed by atoms with van der Waals surface area (Å²) in [4.78, 5) is 13.9. The Balaban J connectivity index is 1.59. The van der Waals surface area contributed by atoms with Gasteiger partial charge in [0.15, 0.2) is 0 Å². The Morgan fingerprint density at radius 3 is 2.04 bits per heavy atom. The van der Waals surface area contributed by atoms with Crippen LogP contribution in [0.15, 0.2) is 95.9 Å². The second kappa shape index (κ2) is 9.83. The molecular formula is C23H23NOS. The minimum Gasteiger partial charge on any atom is -0.355 e. The standard InChI is InChI=1S/C23H23NOS/c25-23(24-18-10-13-19-11-4-1-5-12-19)22(20-14-6-2-7-15-20)26-21-16-8-3-9-17-21/h1-9,11-12,14-17,22H,10,13,18H2,(H,24,25). The lowest BCUT2D eigenvalue weighted by Crippen LogP contribution is -2.29. The van der Waals surface area contributed by atoms with Crippen LogP contribution in [0, 0.1) is 0 Å². The Kier molecular flexibility index (Phi) is 6.91. The molecule has 0 aliphatic rings. The molecule has 1 unspecified atom stereocenters. The van der Waals surface area contributed by atoms with E-state index in [4.69, 9.17) is 0 Å². The zero-order valence-electron chi connectivity index (χ0n) is 14.7. The van der Waals surface area contributed by atoms with Crippen molar-refractivity contribution in [3.63, 3.8) is 0 Å². The monoisotopic (exact) mass is 361 g/mol. The lowest BCUT2D eigenvalue weighted by Gasteiger charge is -2.17. The zero-order valence-corrected chi connectivity index (χ0v) is 15.5. The van der Waals surface area contributed by atoms with E-state index in [1.165, 1.54) is 5.56 Å². The van der Waals surface area contributed by atoms with Crippen LogP contribution < -0.4 is 5.32 Å². The van der Waals surface area contributed by atoms with E-state index in [1.54, 1.807) is 11.8 Å². The smallest absolute Gasteiger partial charge is 0.237 e. The third-order valence-corrected chi connectivity index (χ3v) is 5.39. The number of thioether (sulfide) groups is 1. The van der Waals surface area contributed by atoms with Gasteiger partial charge in [0.05, 0.1) is 0 Å². The van der Waals surface area contributed by atoms with Gasteiger partial charge in [-0.3, -0.25) is 4.79 Å². The second-order valence-electron chi connectivity index (χ2n) is 6.10. The van der Waals surface area contributed by atoms with Crippen LogP contribution in [0.25, 0.3) is 0 Å². The molecule has 0 bridgehead atoms. The van der Waals surface area contributed by atoms with Crippen molar-refractivity contribution in [1.29, 1.82) is 0 Å². The number of benzene rings is 3. The van der Waals surface area contributed by atoms with Gasteiger partial charge in [-0.05, 0) is 36.1 Å². The number of nitrogens with one attached hydrogen (secondary N) is 1. The SMILES string of the molecule is O=C(NCCCc1ccccc1)C(Sc1ccccc1)c1ccccc1. The summed E-state index contributed by atoms with van der Waals surface area (Å²) in [6, 6.07) is 30.4. The van der Waals surface area contributed by atoms with Crippen molar-refractivity contribution in [2.75, 3.05) is 6.54 Å². The summed E-state index contributed by atoms with van der Waals surface area (Å²) in [7, 11) is 0. The molecule has 132 valence electrons. The topological polar surface area (TPSA) is 29.1 Å². The molecule has 3 heteroatoms. The molecule has 26 heavy (non-hydrogen) atoms. The van der Waals surface area contributed by atoms with E-state index >= 15 is 0 Å². The molecule has 0 fully saturated rings. The number of carbonyl (C=O) groups excluding carboxylic acids is 1. The highest BCUT2D eigenvalue weighted by molar-refractivity contribution is 8.00. The minimum absolute atomic E-state index is 0.0677. The molecule has 0 aliphatic carbocycles. The predicted molar refractivity (Wildman–Crippen MR) is 109 cm³/mol. The first-order valence-corrected chi connectivity index (χ1v) is 9.79. The molecule has 3 aromatic carbocycles. The maximum absolute atomic E-state index is 12.8. The summed E-state index contributed by atoms with van der Waals surface area (Å²) in [5, 5.41) is 2.87. The van der Waals surface area contributed by atoms with Crippen molar-refractivity contribution < 1.29 is 4.79 Å². The van der Waals surface area contributed by atoms with Crippen molar-refractivity contribution in [2.24, 2.45) is 0 Å². The molecule has 0 saturated heterocycles. The number of aryl methyl sites for hydroxylation is 1. The molecule has 1 N–H and O–H groups in total. The lowest BCUT2D eigenvalue weighted by molar-refractivity contribution is -0.120. The van der Waals surface area contributed by atoms with Gasteiger partial charge >= 0.3 is 0 Å². The molecule has 0 aliphatic heterocycles. The van der Waals surface area contributed by atoms with E-state index in [0.717, 1.165) is 23.3 Å². The van der Waals surface area contributed by atoms with E-state index < -0.39 is 0 Å². The summed E-state index contributed by atoms with van der Waals surface area (Å²) in [6.07, 6.45) is 1.91. The van der Waals surface area contributed by atoms with Gasteiger partial charge in [0.1, 0.15) is 5.25 Å². The van der Waals surface area contributed by atoms with Crippen molar-refractivity contribution in [3.8, 4) is 0 Å². The van der Waals surface area contributed by atoms with E-state index in [0.29, 0.717) is 6.54 Å². The number of hydrogen-bond acceptors (Lipinski definition) is 2. The zero-order chi connectivity index (χ0) is 18.0. The van der Waals surface area contributed by atoms with Gasteiger partial charge in [-0.2, -0.15) is 0 Å². The van der Waals surface area contributed by atoms with E-state index in [-0.39, 0.29) is 11.2 Å². The van der Waals surface area contributed by atoms with Crippen LogP contribution in [0.3, 0.4) is 0 Å². The van der Waals surface area contributed by atoms with Crippen molar-refractivity contribution >= 4 is 17.7 Å². The molecule has 3 aromatic rings. The van der Waals surface area contributed by atoms with E-state index in [2.05, 4.69) is 29.6 Å². The normalized spacial score (nSPS) is 11.7. The molecule has 3 rings (SSSR count). The number of hydrogen-bond donors (Lipinski definition) is 1. The average Bonchev–Trinajstić information content (AvgIpc) is 2.71. The first-order chi connectivity index (χ1) is 12.8. The summed E-state index contributed by atoms with van der Waals surface area (Å²) >= 11 is 1.59. The van der Waals surface area contributed by atoms with Crippen molar-refractivity contribution in [1.82, 2.24) is 5.32 Å². The van der Waals surface area contributed by atoms with Crippen LogP contribution in [-0.2, 0) is 11.2 Å². The molecule has 1 amide bonds. The van der Waals surface area contributed by atoms with Crippen LogP contribution in [0.4, 0.5) is 0 Å². The molecular weight excluding hydrogens is 338 g/mol. The summed E-state index contributed by atoms with van der Waals surface area (Å²) in [6.45, 7) is 0.687. The second-order valence-corrected chi connectivity index (χ2v) is 7.28. The van der Waals surface area contributed by atoms with Crippen LogP contribution in [-0.4, -0.2) is 12.5 Å². The van der Waals surface area contributed by atoms with Gasteiger partial charge in [0, 0.05) is 11.4 Å². The van der Waals surface area contributed by atoms with E-state index in [9.17, 15) is 4.79 Å². The maximum Gasteiger partial charge on any atom is 0.237 e. The Morgan fingerprint density at radius 1 is 0.808 bits per heavy atom. The lowest BCUT2D eigenvalue weighted by atomic mass is 10.1. The van der Waals surface area contributed by atoms with Crippen LogP contribution in [0.1, 0.15) is 22.8 Å². The third-order valence-electron chi connectivity index (χ3n) is 4.12. The summed E-state index contributed by atoms with van der Waals surface area (Å²) in [5.74, 6) is 0.0677. The van der Waals surface area contributed by atoms with Gasteiger partial charge in [-0.15, -0.1) is 11.8 Å². The molecule has 0 spiro atoms. The van der Waals surface area contributed by atoms with Crippen molar-refractivity contribution in [3.05, 3.63) is 102 Å². The summed E-state index contributed by atoms with van der Waals surface area (Å²) in [5.41, 5.74) is 2.34. The summed E-state index contributed by atoms with van der Waals surface area (Å²) < 4.78 is 0. The van der Waals surface area contributed by atoms with Gasteiger partial charge < -0.3 is 5.32 Å². The fourth-order valence-corrected chi connectivity index (χ4v) is 3.85. The molecule has 0 saturated carbocycles. The Bertz CT molecular complexity index is 790. The molecule has 1 atom stereocenters. The highest BCUT2D eigenvalue weighted by atomic mass is 32.2. The first-order valence-electron chi connectivity index (χ1n) is 8.91. The number of carbonyl (C=O) groups is 1. The highest BCUT2D eigenvalue weighted by Gasteiger charge is 2.21. The average molecular weight is 362 g/mol. The quantitative estimate of drug-likeness (QED) is 0.437. The van der Waals surface area contributed by atoms with Gasteiger partial charge in [0.25, 0.3) is 0 Å². The minimum atomic E-state index is -0.240. The van der Waals surface area contributed by atoms with Crippen molar-refractivity contribution in [2.45, 2.75) is 23.0 Å². The van der Waals surface area contributed by atoms with Crippen LogP contribution in [0.2, 0.25) is 0 Å². The fourth-order valence-electron chi connectivity index (χ4n) is 2.78. The maximum atomic E-state index is 12.8. The molecule has 0 radical (unpaired) electrons. The highest BCUT2D eigenvalue weighted by Crippen LogP contribution is 2.35. The first kappa shape index (κ1) is 18.3. The largest absolute Gasteiger partial charge is 0.355 e. The van der Waals surface area contributed by atoms with Gasteiger partial charge in [-0.25, -0.2) is 0 Å². The van der Waals surface area contributed by atoms with Crippen LogP contribution >= 0.6 is 11.8 Å². The number of amides is 1. The van der Waals surface area contributed by atoms with E-state index in [1.807, 2.05) is 66.7 Å². The van der Waals surface area contributed by atoms with Gasteiger partial charge in [-0.1, -0.05) is 78.9 Å². The Morgan fingerprint density at radius 2 is 1.38 bits per heavy atom. The Labute approximate surface area is 159 Å². The molecule has 2 nitrogen and oxygen atoms in total. The van der Waals surface area contributed by atoms with Gasteiger partial charge in [0.2, 0.25) is 5.91 Å².